The molecule has 0 aromatic rings. The fourth-order valence-electron chi connectivity index (χ4n) is 1.38. The van der Waals surface area contributed by atoms with Crippen molar-refractivity contribution in [3.63, 3.8) is 0 Å². The van der Waals surface area contributed by atoms with Crippen LogP contribution in [0.5, 0.6) is 0 Å². The topological polar surface area (TPSA) is 55.4 Å². The van der Waals surface area contributed by atoms with Crippen molar-refractivity contribution in [3.05, 3.63) is 0 Å². The second-order valence-electron chi connectivity index (χ2n) is 4.05. The van der Waals surface area contributed by atoms with Gasteiger partial charge in [0.05, 0.1) is 12.0 Å². The number of amides is 1. The van der Waals surface area contributed by atoms with Gasteiger partial charge in [-0.2, -0.15) is 0 Å². The summed E-state index contributed by atoms with van der Waals surface area (Å²) in [6, 6.07) is 0. The molecule has 74 valence electrons. The summed E-state index contributed by atoms with van der Waals surface area (Å²) in [5, 5.41) is 2.63. The third-order valence-corrected chi connectivity index (χ3v) is 2.14. The smallest absolute Gasteiger partial charge is 0.311 e. The predicted molar refractivity (Wildman–Crippen MR) is 47.0 cm³/mol. The summed E-state index contributed by atoms with van der Waals surface area (Å²) in [7, 11) is 0. The first-order valence-electron chi connectivity index (χ1n) is 4.37. The number of nitrogens with one attached hydrogen (secondary N) is 1. The molecule has 1 atom stereocenters. The second-order valence-corrected chi connectivity index (χ2v) is 4.05. The van der Waals surface area contributed by atoms with Crippen LogP contribution in [0.3, 0.4) is 0 Å². The third-order valence-electron chi connectivity index (χ3n) is 2.14. The van der Waals surface area contributed by atoms with Gasteiger partial charge in [-0.25, -0.2) is 0 Å². The maximum Gasteiger partial charge on any atom is 0.311 e. The van der Waals surface area contributed by atoms with Crippen molar-refractivity contribution in [1.82, 2.24) is 5.32 Å². The maximum atomic E-state index is 11.2. The Bertz CT molecular complexity index is 235. The Morgan fingerprint density at radius 2 is 2.31 bits per heavy atom. The maximum absolute atomic E-state index is 11.2. The molecule has 1 saturated heterocycles. The molecule has 4 heteroatoms. The van der Waals surface area contributed by atoms with Gasteiger partial charge in [-0.1, -0.05) is 0 Å². The van der Waals surface area contributed by atoms with E-state index < -0.39 is 5.41 Å². The minimum absolute atomic E-state index is 0.0965. The van der Waals surface area contributed by atoms with Gasteiger partial charge >= 0.3 is 5.97 Å². The molecule has 1 rings (SSSR count). The first-order chi connectivity index (χ1) is 5.92. The lowest BCUT2D eigenvalue weighted by Crippen LogP contribution is -2.30. The Kier molecular flexibility index (Phi) is 2.59. The van der Waals surface area contributed by atoms with Crippen molar-refractivity contribution in [2.24, 2.45) is 5.41 Å². The molecule has 4 nitrogen and oxygen atoms in total. The van der Waals surface area contributed by atoms with Crippen molar-refractivity contribution in [1.29, 1.82) is 0 Å². The van der Waals surface area contributed by atoms with Crippen molar-refractivity contribution < 1.29 is 14.3 Å². The molecule has 1 heterocycles. The number of cyclic esters (lactones) is 1. The molecule has 1 N–H and O–H groups in total. The van der Waals surface area contributed by atoms with E-state index in [2.05, 4.69) is 5.32 Å². The van der Waals surface area contributed by atoms with Gasteiger partial charge in [0.2, 0.25) is 5.91 Å². The average Bonchev–Trinajstić information content (AvgIpc) is 2.22. The number of rotatable bonds is 2. The molecule has 1 aliphatic heterocycles. The molecule has 1 aliphatic rings. The molecular weight excluding hydrogens is 170 g/mol. The molecule has 13 heavy (non-hydrogen) atoms. The summed E-state index contributed by atoms with van der Waals surface area (Å²) < 4.78 is 5.07. The largest absolute Gasteiger partial charge is 0.460 e. The van der Waals surface area contributed by atoms with Crippen LogP contribution in [0.15, 0.2) is 0 Å². The van der Waals surface area contributed by atoms with Gasteiger partial charge in [0, 0.05) is 13.3 Å². The lowest BCUT2D eigenvalue weighted by atomic mass is 9.90. The van der Waals surface area contributed by atoms with Gasteiger partial charge in [0.1, 0.15) is 6.10 Å². The SMILES string of the molecule is CC(=O)NC[C@H]1CC(C)(C)C(=O)O1. The lowest BCUT2D eigenvalue weighted by molar-refractivity contribution is -0.147. The van der Waals surface area contributed by atoms with E-state index in [1.54, 1.807) is 0 Å². The summed E-state index contributed by atoms with van der Waals surface area (Å²) in [6.07, 6.45) is 0.512. The van der Waals surface area contributed by atoms with Gasteiger partial charge in [-0.3, -0.25) is 9.59 Å². The summed E-state index contributed by atoms with van der Waals surface area (Å²) >= 11 is 0. The number of hydrogen-bond donors (Lipinski definition) is 1. The highest BCUT2D eigenvalue weighted by Crippen LogP contribution is 2.32. The Balaban J connectivity index is 2.41. The number of carbonyl (C=O) groups excluding carboxylic acids is 2. The molecule has 0 spiro atoms. The number of carbonyl (C=O) groups is 2. The molecule has 0 unspecified atom stereocenters. The van der Waals surface area contributed by atoms with Crippen LogP contribution in [0, 0.1) is 5.41 Å². The van der Waals surface area contributed by atoms with E-state index in [1.807, 2.05) is 13.8 Å². The van der Waals surface area contributed by atoms with Gasteiger partial charge in [0.25, 0.3) is 0 Å². The van der Waals surface area contributed by atoms with E-state index in [0.717, 1.165) is 0 Å². The summed E-state index contributed by atoms with van der Waals surface area (Å²) in [5.41, 5.74) is -0.400. The van der Waals surface area contributed by atoms with E-state index >= 15 is 0 Å². The Morgan fingerprint density at radius 3 is 2.69 bits per heavy atom. The molecule has 0 bridgehead atoms. The van der Waals surface area contributed by atoms with Crippen LogP contribution in [0.2, 0.25) is 0 Å². The van der Waals surface area contributed by atoms with Crippen LogP contribution < -0.4 is 5.32 Å². The zero-order valence-electron chi connectivity index (χ0n) is 8.22. The van der Waals surface area contributed by atoms with Crippen molar-refractivity contribution in [2.75, 3.05) is 6.54 Å². The fraction of sp³-hybridized carbons (Fsp3) is 0.778. The van der Waals surface area contributed by atoms with Crippen LogP contribution >= 0.6 is 0 Å². The van der Waals surface area contributed by atoms with E-state index in [0.29, 0.717) is 13.0 Å². The standard InChI is InChI=1S/C9H15NO3/c1-6(11)10-5-7-4-9(2,3)8(12)13-7/h7H,4-5H2,1-3H3,(H,10,11)/t7-/m1/s1. The Morgan fingerprint density at radius 1 is 1.69 bits per heavy atom. The van der Waals surface area contributed by atoms with Gasteiger partial charge < -0.3 is 10.1 Å². The van der Waals surface area contributed by atoms with Gasteiger partial charge in [-0.05, 0) is 13.8 Å². The van der Waals surface area contributed by atoms with E-state index in [1.165, 1.54) is 6.92 Å². The molecule has 0 saturated carbocycles. The number of ether oxygens (including phenoxy) is 1. The molecule has 0 radical (unpaired) electrons. The van der Waals surface area contributed by atoms with Crippen LogP contribution in [0.1, 0.15) is 27.2 Å². The van der Waals surface area contributed by atoms with E-state index in [4.69, 9.17) is 4.74 Å². The number of esters is 1. The van der Waals surface area contributed by atoms with Crippen LogP contribution in [-0.4, -0.2) is 24.5 Å². The molecular formula is C9H15NO3. The van der Waals surface area contributed by atoms with Crippen molar-refractivity contribution in [3.8, 4) is 0 Å². The number of hydrogen-bond acceptors (Lipinski definition) is 3. The average molecular weight is 185 g/mol. The summed E-state index contributed by atoms with van der Waals surface area (Å²) in [5.74, 6) is -0.274. The Hall–Kier alpha value is -1.06. The monoisotopic (exact) mass is 185 g/mol. The minimum Gasteiger partial charge on any atom is -0.460 e. The normalized spacial score (nSPS) is 25.5. The summed E-state index contributed by atoms with van der Waals surface area (Å²) in [6.45, 7) is 5.57. The zero-order chi connectivity index (χ0) is 10.1. The first-order valence-corrected chi connectivity index (χ1v) is 4.37. The predicted octanol–water partition coefficient (Wildman–Crippen LogP) is 0.464. The van der Waals surface area contributed by atoms with Gasteiger partial charge in [0.15, 0.2) is 0 Å². The van der Waals surface area contributed by atoms with Crippen LogP contribution in [-0.2, 0) is 14.3 Å². The van der Waals surface area contributed by atoms with Gasteiger partial charge in [-0.15, -0.1) is 0 Å². The van der Waals surface area contributed by atoms with Crippen LogP contribution in [0.4, 0.5) is 0 Å². The highest BCUT2D eigenvalue weighted by Gasteiger charge is 2.41. The molecule has 1 amide bonds. The van der Waals surface area contributed by atoms with Crippen molar-refractivity contribution in [2.45, 2.75) is 33.3 Å². The first kappa shape index (κ1) is 10.0. The quantitative estimate of drug-likeness (QED) is 0.636. The van der Waals surface area contributed by atoms with E-state index in [-0.39, 0.29) is 18.0 Å². The van der Waals surface area contributed by atoms with Crippen LogP contribution in [0.25, 0.3) is 0 Å². The molecule has 1 fully saturated rings. The van der Waals surface area contributed by atoms with Crippen molar-refractivity contribution >= 4 is 11.9 Å². The highest BCUT2D eigenvalue weighted by atomic mass is 16.6. The fourth-order valence-corrected chi connectivity index (χ4v) is 1.38. The minimum atomic E-state index is -0.400. The third kappa shape index (κ3) is 2.44. The second kappa shape index (κ2) is 3.36. The summed E-state index contributed by atoms with van der Waals surface area (Å²) in [4.78, 5) is 21.8. The van der Waals surface area contributed by atoms with E-state index in [9.17, 15) is 9.59 Å². The molecule has 0 aromatic heterocycles. The zero-order valence-corrected chi connectivity index (χ0v) is 8.22. The molecule has 0 aromatic carbocycles. The Labute approximate surface area is 77.6 Å². The lowest BCUT2D eigenvalue weighted by Gasteiger charge is -2.10. The molecule has 0 aliphatic carbocycles. The highest BCUT2D eigenvalue weighted by molar-refractivity contribution is 5.78.